The molecule has 0 fully saturated rings. The molecule has 1 amide bonds. The number of fused-ring (bicyclic) bond motifs is 1. The molecule has 0 aromatic heterocycles. The van der Waals surface area contributed by atoms with Crippen LogP contribution in [-0.4, -0.2) is 58.1 Å². The van der Waals surface area contributed by atoms with E-state index in [0.29, 0.717) is 37.8 Å². The van der Waals surface area contributed by atoms with E-state index in [2.05, 4.69) is 5.32 Å². The van der Waals surface area contributed by atoms with Crippen molar-refractivity contribution in [3.05, 3.63) is 35.5 Å². The Morgan fingerprint density at radius 2 is 1.96 bits per heavy atom. The number of amides is 1. The highest BCUT2D eigenvalue weighted by molar-refractivity contribution is 5.97. The highest BCUT2D eigenvalue weighted by Crippen LogP contribution is 2.32. The summed E-state index contributed by atoms with van der Waals surface area (Å²) in [7, 11) is 3.20. The van der Waals surface area contributed by atoms with Crippen molar-refractivity contribution in [2.45, 2.75) is 6.54 Å². The molecule has 0 aliphatic carbocycles. The van der Waals surface area contributed by atoms with Gasteiger partial charge in [0, 0.05) is 40.1 Å². The van der Waals surface area contributed by atoms with Crippen LogP contribution in [0.1, 0.15) is 5.56 Å². The molecule has 0 radical (unpaired) electrons. The lowest BCUT2D eigenvalue weighted by molar-refractivity contribution is -0.117. The molecule has 1 aliphatic rings. The highest BCUT2D eigenvalue weighted by atomic mass is 16.7. The topological polar surface area (TPSA) is 93.1 Å². The number of ether oxygens (including phenoxy) is 4. The minimum Gasteiger partial charge on any atom is -0.454 e. The normalized spacial score (nSPS) is 12.6. The Balaban J connectivity index is 1.96. The van der Waals surface area contributed by atoms with Crippen LogP contribution in [0.25, 0.3) is 0 Å². The largest absolute Gasteiger partial charge is 0.454 e. The SMILES string of the molecule is COCCN(/C=C(/C#N)C(=O)NCc1ccc2c(c1)OCO2)CCOC. The first kappa shape index (κ1) is 19.6. The molecular formula is C18H23N3O5. The molecule has 0 saturated heterocycles. The third kappa shape index (κ3) is 5.65. The molecule has 1 aromatic carbocycles. The van der Waals surface area contributed by atoms with Gasteiger partial charge in [-0.25, -0.2) is 0 Å². The van der Waals surface area contributed by atoms with Crippen molar-refractivity contribution in [1.29, 1.82) is 5.26 Å². The quantitative estimate of drug-likeness (QED) is 0.491. The van der Waals surface area contributed by atoms with Crippen molar-refractivity contribution in [2.24, 2.45) is 0 Å². The van der Waals surface area contributed by atoms with Crippen LogP contribution in [0.3, 0.4) is 0 Å². The Kier molecular flexibility index (Phi) is 7.74. The van der Waals surface area contributed by atoms with Gasteiger partial charge in [-0.05, 0) is 17.7 Å². The van der Waals surface area contributed by atoms with Crippen LogP contribution in [0.15, 0.2) is 30.0 Å². The van der Waals surface area contributed by atoms with E-state index in [1.807, 2.05) is 23.1 Å². The van der Waals surface area contributed by atoms with Gasteiger partial charge in [0.15, 0.2) is 11.5 Å². The summed E-state index contributed by atoms with van der Waals surface area (Å²) in [6, 6.07) is 7.39. The van der Waals surface area contributed by atoms with Crippen molar-refractivity contribution in [2.75, 3.05) is 47.3 Å². The molecule has 8 nitrogen and oxygen atoms in total. The number of hydrogen-bond donors (Lipinski definition) is 1. The molecule has 8 heteroatoms. The fourth-order valence-electron chi connectivity index (χ4n) is 2.31. The Morgan fingerprint density at radius 1 is 1.27 bits per heavy atom. The lowest BCUT2D eigenvalue weighted by Gasteiger charge is -2.20. The molecule has 1 aromatic rings. The monoisotopic (exact) mass is 361 g/mol. The molecule has 0 bridgehead atoms. The lowest BCUT2D eigenvalue weighted by Crippen LogP contribution is -2.29. The van der Waals surface area contributed by atoms with Crippen LogP contribution in [-0.2, 0) is 20.8 Å². The molecule has 0 saturated carbocycles. The van der Waals surface area contributed by atoms with Crippen molar-refractivity contribution in [1.82, 2.24) is 10.2 Å². The zero-order chi connectivity index (χ0) is 18.8. The van der Waals surface area contributed by atoms with E-state index in [0.717, 1.165) is 5.56 Å². The maximum Gasteiger partial charge on any atom is 0.263 e. The van der Waals surface area contributed by atoms with Gasteiger partial charge in [0.25, 0.3) is 5.91 Å². The first-order chi connectivity index (χ1) is 12.7. The van der Waals surface area contributed by atoms with Gasteiger partial charge in [-0.1, -0.05) is 6.07 Å². The smallest absolute Gasteiger partial charge is 0.263 e. The summed E-state index contributed by atoms with van der Waals surface area (Å²) in [5.41, 5.74) is 0.883. The summed E-state index contributed by atoms with van der Waals surface area (Å²) in [5, 5.41) is 12.1. The summed E-state index contributed by atoms with van der Waals surface area (Å²) < 4.78 is 20.7. The Morgan fingerprint density at radius 3 is 2.62 bits per heavy atom. The Labute approximate surface area is 152 Å². The van der Waals surface area contributed by atoms with Crippen molar-refractivity contribution < 1.29 is 23.7 Å². The second kappa shape index (κ2) is 10.3. The number of nitrogens with zero attached hydrogens (tertiary/aromatic N) is 2. The molecule has 1 N–H and O–H groups in total. The number of benzene rings is 1. The van der Waals surface area contributed by atoms with E-state index >= 15 is 0 Å². The van der Waals surface area contributed by atoms with Crippen molar-refractivity contribution in [3.63, 3.8) is 0 Å². The van der Waals surface area contributed by atoms with E-state index < -0.39 is 5.91 Å². The number of nitrogens with one attached hydrogen (secondary N) is 1. The third-order valence-corrected chi connectivity index (χ3v) is 3.73. The maximum absolute atomic E-state index is 12.3. The number of carbonyl (C=O) groups is 1. The van der Waals surface area contributed by atoms with Crippen LogP contribution in [0.4, 0.5) is 0 Å². The lowest BCUT2D eigenvalue weighted by atomic mass is 10.2. The minimum atomic E-state index is -0.440. The fourth-order valence-corrected chi connectivity index (χ4v) is 2.31. The van der Waals surface area contributed by atoms with Crippen LogP contribution in [0.2, 0.25) is 0 Å². The number of hydrogen-bond acceptors (Lipinski definition) is 7. The number of carbonyl (C=O) groups excluding carboxylic acids is 1. The van der Waals surface area contributed by atoms with Gasteiger partial charge in [-0.2, -0.15) is 5.26 Å². The van der Waals surface area contributed by atoms with Gasteiger partial charge in [-0.3, -0.25) is 4.79 Å². The molecule has 0 spiro atoms. The average Bonchev–Trinajstić information content (AvgIpc) is 3.13. The Hall–Kier alpha value is -2.76. The second-order valence-electron chi connectivity index (χ2n) is 5.55. The first-order valence-electron chi connectivity index (χ1n) is 8.18. The van der Waals surface area contributed by atoms with Crippen LogP contribution in [0, 0.1) is 11.3 Å². The van der Waals surface area contributed by atoms with Gasteiger partial charge in [0.05, 0.1) is 13.2 Å². The van der Waals surface area contributed by atoms with Crippen molar-refractivity contribution in [3.8, 4) is 17.6 Å². The van der Waals surface area contributed by atoms with Crippen molar-refractivity contribution >= 4 is 5.91 Å². The van der Waals surface area contributed by atoms with Gasteiger partial charge >= 0.3 is 0 Å². The molecule has 26 heavy (non-hydrogen) atoms. The second-order valence-corrected chi connectivity index (χ2v) is 5.55. The molecule has 0 atom stereocenters. The third-order valence-electron chi connectivity index (χ3n) is 3.73. The van der Waals surface area contributed by atoms with Gasteiger partial charge < -0.3 is 29.2 Å². The van der Waals surface area contributed by atoms with Gasteiger partial charge in [0.1, 0.15) is 11.6 Å². The first-order valence-corrected chi connectivity index (χ1v) is 8.18. The zero-order valence-electron chi connectivity index (χ0n) is 15.0. The molecular weight excluding hydrogens is 338 g/mol. The predicted molar refractivity (Wildman–Crippen MR) is 93.4 cm³/mol. The Bertz CT molecular complexity index is 676. The molecule has 2 rings (SSSR count). The predicted octanol–water partition coefficient (Wildman–Crippen LogP) is 1.03. The van der Waals surface area contributed by atoms with Gasteiger partial charge in [0.2, 0.25) is 6.79 Å². The number of rotatable bonds is 10. The average molecular weight is 361 g/mol. The fraction of sp³-hybridized carbons (Fsp3) is 0.444. The summed E-state index contributed by atoms with van der Waals surface area (Å²) in [4.78, 5) is 14.1. The highest BCUT2D eigenvalue weighted by Gasteiger charge is 2.15. The molecule has 1 heterocycles. The van der Waals surface area contributed by atoms with E-state index in [-0.39, 0.29) is 18.9 Å². The molecule has 140 valence electrons. The summed E-state index contributed by atoms with van der Waals surface area (Å²) in [6.07, 6.45) is 1.53. The van der Waals surface area contributed by atoms with Crippen LogP contribution in [0.5, 0.6) is 11.5 Å². The summed E-state index contributed by atoms with van der Waals surface area (Å²) in [5.74, 6) is 0.896. The standard InChI is InChI=1S/C18H23N3O5/c1-23-7-5-21(6-8-24-2)12-15(10-19)18(22)20-11-14-3-4-16-17(9-14)26-13-25-16/h3-4,9,12H,5-8,11,13H2,1-2H3,(H,20,22)/b15-12-. The van der Waals surface area contributed by atoms with E-state index in [9.17, 15) is 10.1 Å². The zero-order valence-corrected chi connectivity index (χ0v) is 15.0. The van der Waals surface area contributed by atoms with Gasteiger partial charge in [-0.15, -0.1) is 0 Å². The van der Waals surface area contributed by atoms with Crippen LogP contribution >= 0.6 is 0 Å². The minimum absolute atomic E-state index is 0.0259. The summed E-state index contributed by atoms with van der Waals surface area (Å²) in [6.45, 7) is 2.56. The maximum atomic E-state index is 12.3. The van der Waals surface area contributed by atoms with E-state index in [1.54, 1.807) is 20.3 Å². The number of nitriles is 1. The van der Waals surface area contributed by atoms with Crippen LogP contribution < -0.4 is 14.8 Å². The number of methoxy groups -OCH3 is 2. The van der Waals surface area contributed by atoms with E-state index in [4.69, 9.17) is 18.9 Å². The summed E-state index contributed by atoms with van der Waals surface area (Å²) >= 11 is 0. The molecule has 1 aliphatic heterocycles. The van der Waals surface area contributed by atoms with E-state index in [1.165, 1.54) is 6.20 Å². The molecule has 0 unspecified atom stereocenters.